The number of methoxy groups -OCH3 is 1. The number of anilines is 1. The molecular formula is C19H24N2O4. The van der Waals surface area contributed by atoms with Gasteiger partial charge in [0.15, 0.2) is 0 Å². The molecule has 4 N–H and O–H groups in total. The molecule has 2 aromatic rings. The van der Waals surface area contributed by atoms with Crippen LogP contribution in [0.2, 0.25) is 0 Å². The maximum Gasteiger partial charge on any atom is 0.211 e. The molecule has 134 valence electrons. The summed E-state index contributed by atoms with van der Waals surface area (Å²) in [5.74, 6) is 0.212. The van der Waals surface area contributed by atoms with Gasteiger partial charge in [0.2, 0.25) is 6.41 Å². The zero-order chi connectivity index (χ0) is 23.4. The van der Waals surface area contributed by atoms with Gasteiger partial charge in [-0.25, -0.2) is 0 Å². The van der Waals surface area contributed by atoms with Crippen LogP contribution in [-0.4, -0.2) is 36.3 Å². The van der Waals surface area contributed by atoms with Crippen molar-refractivity contribution in [3.8, 4) is 11.5 Å². The summed E-state index contributed by atoms with van der Waals surface area (Å²) in [7, 11) is 1.43. The molecular weight excluding hydrogens is 320 g/mol. The molecule has 6 heteroatoms. The highest BCUT2D eigenvalue weighted by molar-refractivity contribution is 5.75. The maximum absolute atomic E-state index is 10.6. The van der Waals surface area contributed by atoms with Crippen LogP contribution >= 0.6 is 0 Å². The molecule has 0 fully saturated rings. The van der Waals surface area contributed by atoms with E-state index in [9.17, 15) is 15.0 Å². The van der Waals surface area contributed by atoms with Crippen molar-refractivity contribution in [3.05, 3.63) is 53.6 Å². The molecule has 0 radical (unpaired) electrons. The number of ether oxygens (including phenoxy) is 1. The number of benzene rings is 2. The number of carbonyl (C=O) groups is 1. The number of hydrogen-bond donors (Lipinski definition) is 4. The Morgan fingerprint density at radius 1 is 1.36 bits per heavy atom. The molecule has 0 aliphatic carbocycles. The first-order valence-electron chi connectivity index (χ1n) is 10.5. The van der Waals surface area contributed by atoms with Crippen molar-refractivity contribution in [2.75, 3.05) is 19.0 Å². The van der Waals surface area contributed by atoms with Gasteiger partial charge in [-0.3, -0.25) is 4.79 Å². The first-order chi connectivity index (χ1) is 14.4. The number of aliphatic hydroxyl groups excluding tert-OH is 1. The lowest BCUT2D eigenvalue weighted by atomic mass is 10.1. The highest BCUT2D eigenvalue weighted by Crippen LogP contribution is 2.26. The van der Waals surface area contributed by atoms with Gasteiger partial charge in [0.25, 0.3) is 0 Å². The monoisotopic (exact) mass is 350 g/mol. The van der Waals surface area contributed by atoms with Crippen molar-refractivity contribution in [2.45, 2.75) is 25.3 Å². The van der Waals surface area contributed by atoms with E-state index in [2.05, 4.69) is 10.6 Å². The third-order valence-electron chi connectivity index (χ3n) is 3.45. The Labute approximate surface area is 155 Å². The molecule has 6 nitrogen and oxygen atoms in total. The summed E-state index contributed by atoms with van der Waals surface area (Å²) < 4.78 is 53.8. The SMILES string of the molecule is [2H]C([2H])([2H])[C@@]([2H])(NC[C@H](O)c1ccc(O)c(NC=O)c1)C([2H])([2H])c1ccc(OC)cc1. The molecule has 2 rings (SSSR count). The molecule has 0 bridgehead atoms. The summed E-state index contributed by atoms with van der Waals surface area (Å²) in [4.78, 5) is 10.6. The van der Waals surface area contributed by atoms with E-state index >= 15 is 0 Å². The van der Waals surface area contributed by atoms with E-state index in [1.807, 2.05) is 0 Å². The molecule has 0 aliphatic heterocycles. The third kappa shape index (κ3) is 5.48. The second-order valence-electron chi connectivity index (χ2n) is 5.16. The van der Waals surface area contributed by atoms with Crippen LogP contribution in [0.1, 0.15) is 32.3 Å². The quantitative estimate of drug-likeness (QED) is 0.411. The van der Waals surface area contributed by atoms with Gasteiger partial charge in [0, 0.05) is 20.8 Å². The van der Waals surface area contributed by atoms with Gasteiger partial charge in [-0.15, -0.1) is 0 Å². The Morgan fingerprint density at radius 2 is 2.12 bits per heavy atom. The summed E-state index contributed by atoms with van der Waals surface area (Å²) in [6, 6.07) is 6.66. The summed E-state index contributed by atoms with van der Waals surface area (Å²) in [5.41, 5.74) is 0.198. The van der Waals surface area contributed by atoms with E-state index < -0.39 is 31.9 Å². The van der Waals surface area contributed by atoms with Gasteiger partial charge < -0.3 is 25.6 Å². The van der Waals surface area contributed by atoms with Crippen LogP contribution in [0.3, 0.4) is 0 Å². The fraction of sp³-hybridized carbons (Fsp3) is 0.316. The number of aromatic hydroxyl groups is 1. The molecule has 2 atom stereocenters. The number of amides is 1. The first-order valence-corrected chi connectivity index (χ1v) is 7.48. The first kappa shape index (κ1) is 11.9. The number of nitrogens with one attached hydrogen (secondary N) is 2. The van der Waals surface area contributed by atoms with Crippen LogP contribution in [-0.2, 0) is 11.2 Å². The van der Waals surface area contributed by atoms with Crippen molar-refractivity contribution in [1.29, 1.82) is 0 Å². The fourth-order valence-electron chi connectivity index (χ4n) is 2.12. The van der Waals surface area contributed by atoms with Crippen molar-refractivity contribution >= 4 is 12.1 Å². The Hall–Kier alpha value is -2.57. The van der Waals surface area contributed by atoms with Crippen LogP contribution in [0.15, 0.2) is 42.5 Å². The molecule has 0 heterocycles. The molecule has 0 spiro atoms. The Balaban J connectivity index is 2.32. The van der Waals surface area contributed by atoms with Crippen LogP contribution in [0.4, 0.5) is 5.69 Å². The second-order valence-corrected chi connectivity index (χ2v) is 5.16. The highest BCUT2D eigenvalue weighted by Gasteiger charge is 2.12. The van der Waals surface area contributed by atoms with E-state index in [0.717, 1.165) is 0 Å². The molecule has 0 aliphatic rings. The lowest BCUT2D eigenvalue weighted by molar-refractivity contribution is -0.105. The van der Waals surface area contributed by atoms with E-state index in [0.29, 0.717) is 12.2 Å². The summed E-state index contributed by atoms with van der Waals surface area (Å²) in [5, 5.41) is 24.8. The normalized spacial score (nSPS) is 19.0. The largest absolute Gasteiger partial charge is 0.506 e. The summed E-state index contributed by atoms with van der Waals surface area (Å²) >= 11 is 0. The molecule has 0 saturated carbocycles. The number of rotatable bonds is 9. The topological polar surface area (TPSA) is 90.8 Å². The van der Waals surface area contributed by atoms with Gasteiger partial charge in [0.05, 0.1) is 18.9 Å². The predicted molar refractivity (Wildman–Crippen MR) is 96.9 cm³/mol. The maximum atomic E-state index is 10.6. The molecule has 0 saturated heterocycles. The Morgan fingerprint density at radius 3 is 2.76 bits per heavy atom. The van der Waals surface area contributed by atoms with E-state index in [1.165, 1.54) is 49.6 Å². The lowest BCUT2D eigenvalue weighted by Gasteiger charge is -2.18. The van der Waals surface area contributed by atoms with Crippen molar-refractivity contribution in [3.63, 3.8) is 0 Å². The Kier molecular flexibility index (Phi) is 4.31. The molecule has 0 unspecified atom stereocenters. The molecule has 1 amide bonds. The van der Waals surface area contributed by atoms with Crippen LogP contribution in [0.25, 0.3) is 0 Å². The number of phenolic OH excluding ortho intramolecular Hbond substituents is 1. The fourth-order valence-corrected chi connectivity index (χ4v) is 2.12. The van der Waals surface area contributed by atoms with E-state index in [4.69, 9.17) is 13.0 Å². The molecule has 0 aromatic heterocycles. The van der Waals surface area contributed by atoms with Crippen molar-refractivity contribution < 1.29 is 28.0 Å². The lowest BCUT2D eigenvalue weighted by Crippen LogP contribution is -2.32. The number of phenols is 1. The standard InChI is InChI=1S/C19H24N2O4/c1-13(9-14-3-6-16(25-2)7-4-14)20-11-19(24)15-5-8-18(23)17(10-15)21-12-22/h3-8,10,12-13,19-20,23-24H,9,11H2,1-2H3,(H,21,22)/t13-,19+/m1/s1/i1D3,9D2,13D. The molecule has 25 heavy (non-hydrogen) atoms. The van der Waals surface area contributed by atoms with Gasteiger partial charge in [-0.1, -0.05) is 18.2 Å². The highest BCUT2D eigenvalue weighted by atomic mass is 16.5. The average molecular weight is 350 g/mol. The van der Waals surface area contributed by atoms with Crippen molar-refractivity contribution in [2.24, 2.45) is 0 Å². The van der Waals surface area contributed by atoms with Gasteiger partial charge in [0.1, 0.15) is 11.5 Å². The number of carbonyl (C=O) groups excluding carboxylic acids is 1. The smallest absolute Gasteiger partial charge is 0.211 e. The van der Waals surface area contributed by atoms with Gasteiger partial charge in [-0.2, -0.15) is 0 Å². The zero-order valence-electron chi connectivity index (χ0n) is 19.6. The van der Waals surface area contributed by atoms with E-state index in [1.54, 1.807) is 0 Å². The van der Waals surface area contributed by atoms with Crippen molar-refractivity contribution in [1.82, 2.24) is 5.32 Å². The summed E-state index contributed by atoms with van der Waals surface area (Å²) in [6.45, 7) is -3.59. The minimum atomic E-state index is -3.10. The van der Waals surface area contributed by atoms with Crippen LogP contribution in [0.5, 0.6) is 11.5 Å². The predicted octanol–water partition coefficient (Wildman–Crippen LogP) is 2.22. The van der Waals surface area contributed by atoms with Crippen LogP contribution < -0.4 is 15.4 Å². The summed E-state index contributed by atoms with van der Waals surface area (Å²) in [6.07, 6.45) is -3.69. The zero-order valence-corrected chi connectivity index (χ0v) is 13.6. The number of hydrogen-bond acceptors (Lipinski definition) is 5. The third-order valence-corrected chi connectivity index (χ3v) is 3.45. The minimum Gasteiger partial charge on any atom is -0.506 e. The minimum absolute atomic E-state index is 0.0353. The second kappa shape index (κ2) is 9.05. The van der Waals surface area contributed by atoms with Crippen LogP contribution in [0, 0.1) is 0 Å². The van der Waals surface area contributed by atoms with Gasteiger partial charge in [-0.05, 0) is 48.6 Å². The van der Waals surface area contributed by atoms with E-state index in [-0.39, 0.29) is 22.6 Å². The average Bonchev–Trinajstić information content (AvgIpc) is 2.72. The van der Waals surface area contributed by atoms with Gasteiger partial charge >= 0.3 is 0 Å². The number of aliphatic hydroxyl groups is 1. The molecule has 2 aromatic carbocycles. The Bertz CT molecular complexity index is 907.